The Morgan fingerprint density at radius 3 is 2.60 bits per heavy atom. The van der Waals surface area contributed by atoms with E-state index in [1.807, 2.05) is 12.1 Å². The van der Waals surface area contributed by atoms with E-state index < -0.39 is 0 Å². The van der Waals surface area contributed by atoms with Crippen LogP contribution in [0.1, 0.15) is 12.0 Å². The lowest BCUT2D eigenvalue weighted by atomic mass is 10.0. The van der Waals surface area contributed by atoms with Gasteiger partial charge in [-0.15, -0.1) is 0 Å². The summed E-state index contributed by atoms with van der Waals surface area (Å²) in [5, 5.41) is 0. The summed E-state index contributed by atoms with van der Waals surface area (Å²) in [6.45, 7) is 0.944. The molecule has 0 aliphatic carbocycles. The largest absolute Gasteiger partial charge is 0.379 e. The molecule has 3 rings (SSSR count). The van der Waals surface area contributed by atoms with E-state index >= 15 is 0 Å². The topological polar surface area (TPSA) is 38.2 Å². The summed E-state index contributed by atoms with van der Waals surface area (Å²) in [7, 11) is 1.79. The Morgan fingerprint density at radius 1 is 1.15 bits per heavy atom. The summed E-state index contributed by atoms with van der Waals surface area (Å²) < 4.78 is 5.65. The zero-order valence-corrected chi connectivity index (χ0v) is 11.6. The molecule has 0 amide bonds. The maximum atomic E-state index is 5.65. The van der Waals surface area contributed by atoms with Crippen LogP contribution in [0.4, 0.5) is 5.95 Å². The average molecular weight is 269 g/mol. The van der Waals surface area contributed by atoms with Crippen LogP contribution in [0.2, 0.25) is 0 Å². The van der Waals surface area contributed by atoms with Crippen LogP contribution < -0.4 is 4.90 Å². The third-order valence-electron chi connectivity index (χ3n) is 3.88. The average Bonchev–Trinajstić information content (AvgIpc) is 2.92. The second-order valence-corrected chi connectivity index (χ2v) is 5.06. The number of aromatic nitrogens is 2. The van der Waals surface area contributed by atoms with Crippen molar-refractivity contribution in [3.63, 3.8) is 0 Å². The third-order valence-corrected chi connectivity index (χ3v) is 3.88. The number of nitrogens with zero attached hydrogens (tertiary/aromatic N) is 3. The van der Waals surface area contributed by atoms with Crippen LogP contribution in [0, 0.1) is 0 Å². The molecule has 1 fully saturated rings. The van der Waals surface area contributed by atoms with Gasteiger partial charge in [-0.3, -0.25) is 0 Å². The molecule has 4 heteroatoms. The number of ether oxygens (including phenoxy) is 1. The SMILES string of the molecule is CO[C@@H]1CCN(c2ncccn2)[C@H]1Cc1ccccc1. The molecule has 0 N–H and O–H groups in total. The molecule has 1 aliphatic rings. The molecule has 1 aliphatic heterocycles. The molecule has 1 aromatic heterocycles. The van der Waals surface area contributed by atoms with Crippen molar-refractivity contribution in [1.29, 1.82) is 0 Å². The van der Waals surface area contributed by atoms with Crippen molar-refractivity contribution >= 4 is 5.95 Å². The van der Waals surface area contributed by atoms with Crippen molar-refractivity contribution in [2.75, 3.05) is 18.6 Å². The highest BCUT2D eigenvalue weighted by Gasteiger charge is 2.35. The molecule has 0 saturated carbocycles. The monoisotopic (exact) mass is 269 g/mol. The number of rotatable bonds is 4. The normalized spacial score (nSPS) is 22.1. The molecule has 2 aromatic rings. The van der Waals surface area contributed by atoms with E-state index in [4.69, 9.17) is 4.74 Å². The Morgan fingerprint density at radius 2 is 1.90 bits per heavy atom. The highest BCUT2D eigenvalue weighted by molar-refractivity contribution is 5.35. The van der Waals surface area contributed by atoms with E-state index in [9.17, 15) is 0 Å². The lowest BCUT2D eigenvalue weighted by molar-refractivity contribution is 0.0952. The zero-order chi connectivity index (χ0) is 13.8. The molecule has 2 atom stereocenters. The van der Waals surface area contributed by atoms with E-state index in [1.54, 1.807) is 19.5 Å². The van der Waals surface area contributed by atoms with Gasteiger partial charge in [-0.1, -0.05) is 30.3 Å². The molecule has 1 saturated heterocycles. The maximum Gasteiger partial charge on any atom is 0.225 e. The van der Waals surface area contributed by atoms with Gasteiger partial charge in [0, 0.05) is 26.0 Å². The van der Waals surface area contributed by atoms with Crippen LogP contribution in [-0.4, -0.2) is 35.8 Å². The highest BCUT2D eigenvalue weighted by Crippen LogP contribution is 2.26. The standard InChI is InChI=1S/C16H19N3O/c1-20-15-8-11-19(16-17-9-5-10-18-16)14(15)12-13-6-3-2-4-7-13/h2-7,9-10,14-15H,8,11-12H2,1H3/t14-,15+/m0/s1. The van der Waals surface area contributed by atoms with Crippen LogP contribution >= 0.6 is 0 Å². The molecule has 4 nitrogen and oxygen atoms in total. The Hall–Kier alpha value is -1.94. The number of hydrogen-bond donors (Lipinski definition) is 0. The van der Waals surface area contributed by atoms with Gasteiger partial charge < -0.3 is 9.64 Å². The number of benzene rings is 1. The number of hydrogen-bond acceptors (Lipinski definition) is 4. The number of methoxy groups -OCH3 is 1. The van der Waals surface area contributed by atoms with Crippen molar-refractivity contribution in [2.45, 2.75) is 25.0 Å². The van der Waals surface area contributed by atoms with E-state index in [2.05, 4.69) is 39.1 Å². The molecule has 1 aromatic carbocycles. The summed E-state index contributed by atoms with van der Waals surface area (Å²) in [5.41, 5.74) is 1.32. The number of anilines is 1. The smallest absolute Gasteiger partial charge is 0.225 e. The maximum absolute atomic E-state index is 5.65. The molecular weight excluding hydrogens is 250 g/mol. The lowest BCUT2D eigenvalue weighted by Crippen LogP contribution is -2.38. The summed E-state index contributed by atoms with van der Waals surface area (Å²) in [5.74, 6) is 0.799. The van der Waals surface area contributed by atoms with E-state index in [1.165, 1.54) is 5.56 Å². The minimum Gasteiger partial charge on any atom is -0.379 e. The molecule has 2 heterocycles. The molecule has 104 valence electrons. The summed E-state index contributed by atoms with van der Waals surface area (Å²) >= 11 is 0. The fourth-order valence-corrected chi connectivity index (χ4v) is 2.89. The second-order valence-electron chi connectivity index (χ2n) is 5.06. The van der Waals surface area contributed by atoms with Crippen LogP contribution in [0.5, 0.6) is 0 Å². The van der Waals surface area contributed by atoms with Gasteiger partial charge >= 0.3 is 0 Å². The first-order valence-corrected chi connectivity index (χ1v) is 6.99. The first-order valence-electron chi connectivity index (χ1n) is 6.99. The van der Waals surface area contributed by atoms with Crippen molar-refractivity contribution < 1.29 is 4.74 Å². The highest BCUT2D eigenvalue weighted by atomic mass is 16.5. The predicted octanol–water partition coefficient (Wildman–Crippen LogP) is 2.31. The summed E-state index contributed by atoms with van der Waals surface area (Å²) in [4.78, 5) is 11.0. The van der Waals surface area contributed by atoms with Gasteiger partial charge in [0.1, 0.15) is 0 Å². The minimum absolute atomic E-state index is 0.235. The summed E-state index contributed by atoms with van der Waals surface area (Å²) in [6.07, 6.45) is 5.80. The molecular formula is C16H19N3O. The van der Waals surface area contributed by atoms with Gasteiger partial charge in [0.15, 0.2) is 0 Å². The Kier molecular flexibility index (Phi) is 3.92. The first kappa shape index (κ1) is 13.1. The van der Waals surface area contributed by atoms with Gasteiger partial charge in [-0.05, 0) is 24.5 Å². The minimum atomic E-state index is 0.235. The van der Waals surface area contributed by atoms with E-state index in [0.717, 1.165) is 25.3 Å². The van der Waals surface area contributed by atoms with Crippen LogP contribution in [0.3, 0.4) is 0 Å². The molecule has 20 heavy (non-hydrogen) atoms. The molecule has 0 bridgehead atoms. The van der Waals surface area contributed by atoms with Gasteiger partial charge in [-0.2, -0.15) is 0 Å². The zero-order valence-electron chi connectivity index (χ0n) is 11.6. The van der Waals surface area contributed by atoms with Crippen molar-refractivity contribution in [3.8, 4) is 0 Å². The second kappa shape index (κ2) is 6.01. The van der Waals surface area contributed by atoms with Gasteiger partial charge in [0.25, 0.3) is 0 Å². The van der Waals surface area contributed by atoms with Gasteiger partial charge in [0.05, 0.1) is 12.1 Å². The molecule has 0 unspecified atom stereocenters. The van der Waals surface area contributed by atoms with Crippen molar-refractivity contribution in [3.05, 3.63) is 54.4 Å². The molecule has 0 radical (unpaired) electrons. The Balaban J connectivity index is 1.83. The van der Waals surface area contributed by atoms with Crippen LogP contribution in [0.25, 0.3) is 0 Å². The van der Waals surface area contributed by atoms with Crippen LogP contribution in [0.15, 0.2) is 48.8 Å². The van der Waals surface area contributed by atoms with Crippen LogP contribution in [-0.2, 0) is 11.2 Å². The fraction of sp³-hybridized carbons (Fsp3) is 0.375. The first-order chi connectivity index (χ1) is 9.88. The van der Waals surface area contributed by atoms with Gasteiger partial charge in [-0.25, -0.2) is 9.97 Å². The summed E-state index contributed by atoms with van der Waals surface area (Å²) in [6, 6.07) is 12.7. The van der Waals surface area contributed by atoms with Gasteiger partial charge in [0.2, 0.25) is 5.95 Å². The quantitative estimate of drug-likeness (QED) is 0.853. The lowest BCUT2D eigenvalue weighted by Gasteiger charge is -2.27. The van der Waals surface area contributed by atoms with Crippen molar-refractivity contribution in [1.82, 2.24) is 9.97 Å². The Labute approximate surface area is 119 Å². The molecule has 0 spiro atoms. The van der Waals surface area contributed by atoms with Crippen molar-refractivity contribution in [2.24, 2.45) is 0 Å². The Bertz CT molecular complexity index is 532. The van der Waals surface area contributed by atoms with E-state index in [0.29, 0.717) is 6.04 Å². The third kappa shape index (κ3) is 2.65. The predicted molar refractivity (Wildman–Crippen MR) is 78.7 cm³/mol. The fourth-order valence-electron chi connectivity index (χ4n) is 2.89. The van der Waals surface area contributed by atoms with E-state index in [-0.39, 0.29) is 6.10 Å².